The van der Waals surface area contributed by atoms with E-state index < -0.39 is 0 Å². The minimum absolute atomic E-state index is 0.166. The number of nitrogens with one attached hydrogen (secondary N) is 1. The average molecular weight is 421 g/mol. The molecule has 0 aliphatic rings. The maximum atomic E-state index is 11.9. The Morgan fingerprint density at radius 3 is 2.75 bits per heavy atom. The topological polar surface area (TPSA) is 59.9 Å². The smallest absolute Gasteiger partial charge is 0.250 e. The Morgan fingerprint density at radius 1 is 1.18 bits per heavy atom. The van der Waals surface area contributed by atoms with Crippen molar-refractivity contribution < 1.29 is 14.3 Å². The number of ether oxygens (including phenoxy) is 2. The molecule has 0 saturated carbocycles. The number of carbonyl (C=O) groups is 1. The van der Waals surface area contributed by atoms with E-state index in [1.54, 1.807) is 6.21 Å². The van der Waals surface area contributed by atoms with Crippen LogP contribution in [0.1, 0.15) is 31.4 Å². The van der Waals surface area contributed by atoms with Crippen LogP contribution < -0.4 is 14.9 Å². The maximum absolute atomic E-state index is 11.9. The second-order valence-electron chi connectivity index (χ2n) is 5.87. The lowest BCUT2D eigenvalue weighted by molar-refractivity contribution is -0.118. The van der Waals surface area contributed by atoms with Crippen molar-refractivity contribution in [1.82, 2.24) is 5.43 Å². The highest BCUT2D eigenvalue weighted by Gasteiger charge is 2.06. The molecule has 1 N–H and O–H groups in total. The molecule has 2 aromatic carbocycles. The van der Waals surface area contributed by atoms with Crippen LogP contribution in [0.3, 0.4) is 0 Å². The number of hydrogen-bond acceptors (Lipinski definition) is 5. The predicted molar refractivity (Wildman–Crippen MR) is 117 cm³/mol. The molecule has 0 fully saturated rings. The number of hydrazone groups is 1. The molecular formula is C21H25ClN2O3S. The predicted octanol–water partition coefficient (Wildman–Crippen LogP) is 4.91. The molecule has 0 aliphatic heterocycles. The van der Waals surface area contributed by atoms with Gasteiger partial charge in [-0.05, 0) is 48.7 Å². The fraction of sp³-hybridized carbons (Fsp3) is 0.333. The SMILES string of the molecule is CCCOc1ccc(C=NNC(=O)CSCc2ccccc2Cl)cc1OCC. The van der Waals surface area contributed by atoms with Gasteiger partial charge in [0.05, 0.1) is 25.2 Å². The van der Waals surface area contributed by atoms with Crippen molar-refractivity contribution in [2.45, 2.75) is 26.0 Å². The molecule has 5 nitrogen and oxygen atoms in total. The minimum atomic E-state index is -0.166. The standard InChI is InChI=1S/C21H25ClN2O3S/c1-3-11-27-19-10-9-16(12-20(19)26-4-2)13-23-24-21(25)15-28-14-17-7-5-6-8-18(17)22/h5-10,12-13H,3-4,11,14-15H2,1-2H3,(H,24,25). The zero-order valence-corrected chi connectivity index (χ0v) is 17.7. The second-order valence-corrected chi connectivity index (χ2v) is 7.26. The summed E-state index contributed by atoms with van der Waals surface area (Å²) in [5.74, 6) is 2.19. The zero-order chi connectivity index (χ0) is 20.2. The van der Waals surface area contributed by atoms with Crippen LogP contribution in [0.5, 0.6) is 11.5 Å². The Morgan fingerprint density at radius 2 is 2.00 bits per heavy atom. The number of benzene rings is 2. The molecule has 0 heterocycles. The van der Waals surface area contributed by atoms with E-state index in [1.807, 2.05) is 49.4 Å². The van der Waals surface area contributed by atoms with E-state index in [0.29, 0.717) is 41.2 Å². The first-order valence-electron chi connectivity index (χ1n) is 9.16. The summed E-state index contributed by atoms with van der Waals surface area (Å²) in [6.45, 7) is 5.15. The number of nitrogens with zero attached hydrogens (tertiary/aromatic N) is 1. The van der Waals surface area contributed by atoms with Crippen LogP contribution >= 0.6 is 23.4 Å². The van der Waals surface area contributed by atoms with Crippen molar-refractivity contribution >= 4 is 35.5 Å². The van der Waals surface area contributed by atoms with Crippen molar-refractivity contribution in [3.05, 3.63) is 58.6 Å². The molecule has 1 amide bonds. The molecule has 7 heteroatoms. The van der Waals surface area contributed by atoms with Crippen LogP contribution in [0.2, 0.25) is 5.02 Å². The second kappa shape index (κ2) is 12.3. The summed E-state index contributed by atoms with van der Waals surface area (Å²) in [7, 11) is 0. The number of carbonyl (C=O) groups excluding carboxylic acids is 1. The van der Waals surface area contributed by atoms with Crippen molar-refractivity contribution in [3.8, 4) is 11.5 Å². The molecule has 0 bridgehead atoms. The van der Waals surface area contributed by atoms with Crippen LogP contribution in [0.25, 0.3) is 0 Å². The van der Waals surface area contributed by atoms with E-state index in [2.05, 4.69) is 17.5 Å². The van der Waals surface area contributed by atoms with Crippen molar-refractivity contribution in [1.29, 1.82) is 0 Å². The molecule has 0 unspecified atom stereocenters. The van der Waals surface area contributed by atoms with Crippen LogP contribution in [0.15, 0.2) is 47.6 Å². The lowest BCUT2D eigenvalue weighted by Gasteiger charge is -2.11. The minimum Gasteiger partial charge on any atom is -0.490 e. The molecule has 2 aromatic rings. The first-order chi connectivity index (χ1) is 13.6. The van der Waals surface area contributed by atoms with Gasteiger partial charge in [-0.25, -0.2) is 5.43 Å². The molecule has 0 radical (unpaired) electrons. The van der Waals surface area contributed by atoms with Crippen LogP contribution in [-0.4, -0.2) is 31.1 Å². The monoisotopic (exact) mass is 420 g/mol. The Bertz CT molecular complexity index is 799. The van der Waals surface area contributed by atoms with E-state index in [0.717, 1.165) is 17.5 Å². The highest BCUT2D eigenvalue weighted by Crippen LogP contribution is 2.28. The number of amides is 1. The van der Waals surface area contributed by atoms with Gasteiger partial charge in [0.15, 0.2) is 11.5 Å². The van der Waals surface area contributed by atoms with Crippen LogP contribution in [0.4, 0.5) is 0 Å². The lowest BCUT2D eigenvalue weighted by atomic mass is 10.2. The zero-order valence-electron chi connectivity index (χ0n) is 16.1. The number of rotatable bonds is 11. The Hall–Kier alpha value is -2.18. The normalized spacial score (nSPS) is 10.8. The molecule has 0 saturated heterocycles. The van der Waals surface area contributed by atoms with E-state index in [9.17, 15) is 4.79 Å². The first kappa shape index (κ1) is 22.1. The fourth-order valence-electron chi connectivity index (χ4n) is 2.28. The molecule has 0 atom stereocenters. The molecule has 2 rings (SSSR count). The Labute approximate surface area is 175 Å². The van der Waals surface area contributed by atoms with Crippen molar-refractivity contribution in [2.24, 2.45) is 5.10 Å². The van der Waals surface area contributed by atoms with Gasteiger partial charge in [-0.1, -0.05) is 36.7 Å². The van der Waals surface area contributed by atoms with Gasteiger partial charge in [0.2, 0.25) is 5.91 Å². The third-order valence-corrected chi connectivity index (χ3v) is 4.93. The van der Waals surface area contributed by atoms with Gasteiger partial charge in [0.1, 0.15) is 0 Å². The van der Waals surface area contributed by atoms with E-state index in [1.165, 1.54) is 11.8 Å². The third kappa shape index (κ3) is 7.44. The molecule has 0 spiro atoms. The molecule has 150 valence electrons. The summed E-state index contributed by atoms with van der Waals surface area (Å²) < 4.78 is 11.3. The lowest BCUT2D eigenvalue weighted by Crippen LogP contribution is -2.19. The fourth-order valence-corrected chi connectivity index (χ4v) is 3.39. The summed E-state index contributed by atoms with van der Waals surface area (Å²) in [5.41, 5.74) is 4.37. The van der Waals surface area contributed by atoms with E-state index in [-0.39, 0.29) is 5.91 Å². The third-order valence-electron chi connectivity index (χ3n) is 3.58. The summed E-state index contributed by atoms with van der Waals surface area (Å²) >= 11 is 7.60. The van der Waals surface area contributed by atoms with Gasteiger partial charge < -0.3 is 9.47 Å². The molecular weight excluding hydrogens is 396 g/mol. The summed E-state index contributed by atoms with van der Waals surface area (Å²) in [6.07, 6.45) is 2.51. The van der Waals surface area contributed by atoms with Crippen molar-refractivity contribution in [2.75, 3.05) is 19.0 Å². The number of hydrogen-bond donors (Lipinski definition) is 1. The Balaban J connectivity index is 1.83. The van der Waals surface area contributed by atoms with Gasteiger partial charge in [-0.3, -0.25) is 4.79 Å². The van der Waals surface area contributed by atoms with Gasteiger partial charge in [-0.2, -0.15) is 5.10 Å². The van der Waals surface area contributed by atoms with Crippen LogP contribution in [-0.2, 0) is 10.5 Å². The van der Waals surface area contributed by atoms with Gasteiger partial charge in [0.25, 0.3) is 0 Å². The number of halogens is 1. The van der Waals surface area contributed by atoms with E-state index in [4.69, 9.17) is 21.1 Å². The molecule has 0 aromatic heterocycles. The summed E-state index contributed by atoms with van der Waals surface area (Å²) in [6, 6.07) is 13.2. The average Bonchev–Trinajstić information content (AvgIpc) is 2.69. The van der Waals surface area contributed by atoms with Crippen molar-refractivity contribution in [3.63, 3.8) is 0 Å². The van der Waals surface area contributed by atoms with Gasteiger partial charge in [0, 0.05) is 10.8 Å². The van der Waals surface area contributed by atoms with Gasteiger partial charge >= 0.3 is 0 Å². The number of thioether (sulfide) groups is 1. The summed E-state index contributed by atoms with van der Waals surface area (Å²) in [4.78, 5) is 11.9. The van der Waals surface area contributed by atoms with E-state index >= 15 is 0 Å². The maximum Gasteiger partial charge on any atom is 0.250 e. The molecule has 28 heavy (non-hydrogen) atoms. The quantitative estimate of drug-likeness (QED) is 0.414. The molecule has 0 aliphatic carbocycles. The first-order valence-corrected chi connectivity index (χ1v) is 10.7. The van der Waals surface area contributed by atoms with Crippen LogP contribution in [0, 0.1) is 0 Å². The largest absolute Gasteiger partial charge is 0.490 e. The highest BCUT2D eigenvalue weighted by molar-refractivity contribution is 7.99. The van der Waals surface area contributed by atoms with Gasteiger partial charge in [-0.15, -0.1) is 11.8 Å². The summed E-state index contributed by atoms with van der Waals surface area (Å²) in [5, 5.41) is 4.73. The highest BCUT2D eigenvalue weighted by atomic mass is 35.5. The Kier molecular flexibility index (Phi) is 9.72.